The maximum atomic E-state index is 12.4. The molecule has 1 fully saturated rings. The maximum Gasteiger partial charge on any atom is 0.244 e. The number of halogens is 2. The Bertz CT molecular complexity index is 585. The molecule has 1 N–H and O–H groups in total. The molecule has 0 radical (unpaired) electrons. The van der Waals surface area contributed by atoms with Crippen molar-refractivity contribution in [1.29, 1.82) is 0 Å². The minimum absolute atomic E-state index is 0.0796. The Morgan fingerprint density at radius 2 is 2.11 bits per heavy atom. The van der Waals surface area contributed by atoms with Gasteiger partial charge in [-0.1, -0.05) is 40.9 Å². The summed E-state index contributed by atoms with van der Waals surface area (Å²) in [5, 5.41) is 10.2. The van der Waals surface area contributed by atoms with Gasteiger partial charge in [-0.15, -0.1) is 0 Å². The van der Waals surface area contributed by atoms with Crippen LogP contribution in [0.2, 0.25) is 5.02 Å². The van der Waals surface area contributed by atoms with E-state index in [4.69, 9.17) is 11.6 Å². The van der Waals surface area contributed by atoms with Crippen molar-refractivity contribution in [3.63, 3.8) is 0 Å². The summed E-state index contributed by atoms with van der Waals surface area (Å²) in [5.41, 5.74) is -0.885. The third-order valence-electron chi connectivity index (χ3n) is 3.17. The van der Waals surface area contributed by atoms with E-state index in [0.717, 1.165) is 10.9 Å². The Hall–Kier alpha value is -0.140. The Morgan fingerprint density at radius 3 is 2.63 bits per heavy atom. The van der Waals surface area contributed by atoms with Gasteiger partial charge in [0.05, 0.1) is 10.6 Å². The number of rotatable bonds is 4. The van der Waals surface area contributed by atoms with Crippen LogP contribution in [-0.2, 0) is 10.0 Å². The lowest BCUT2D eigenvalue weighted by Gasteiger charge is -2.45. The van der Waals surface area contributed by atoms with Crippen LogP contribution in [0.5, 0.6) is 0 Å². The van der Waals surface area contributed by atoms with Gasteiger partial charge >= 0.3 is 0 Å². The summed E-state index contributed by atoms with van der Waals surface area (Å²) in [6, 6.07) is 4.65. The number of nitrogens with zero attached hydrogens (tertiary/aromatic N) is 1. The number of aliphatic hydroxyl groups is 1. The van der Waals surface area contributed by atoms with E-state index >= 15 is 0 Å². The number of hydrogen-bond acceptors (Lipinski definition) is 3. The lowest BCUT2D eigenvalue weighted by molar-refractivity contribution is -0.0653. The molecule has 1 saturated heterocycles. The SMILES string of the molecule is CCCC1(O)CN(S(=O)(=O)c2ccc(Br)cc2Cl)C1. The van der Waals surface area contributed by atoms with Crippen molar-refractivity contribution in [1.82, 2.24) is 4.31 Å². The second-order valence-corrected chi connectivity index (χ2v) is 8.05. The molecule has 1 heterocycles. The minimum atomic E-state index is -3.62. The second-order valence-electron chi connectivity index (χ2n) is 4.82. The average Bonchev–Trinajstić information content (AvgIpc) is 2.25. The molecule has 7 heteroatoms. The minimum Gasteiger partial charge on any atom is -0.387 e. The first-order valence-corrected chi connectivity index (χ1v) is 8.57. The van der Waals surface area contributed by atoms with E-state index in [1.54, 1.807) is 12.1 Å². The summed E-state index contributed by atoms with van der Waals surface area (Å²) >= 11 is 9.21. The van der Waals surface area contributed by atoms with Gasteiger partial charge < -0.3 is 5.11 Å². The predicted octanol–water partition coefficient (Wildman–Crippen LogP) is 2.64. The summed E-state index contributed by atoms with van der Waals surface area (Å²) < 4.78 is 26.7. The van der Waals surface area contributed by atoms with Crippen LogP contribution in [0.3, 0.4) is 0 Å². The number of sulfonamides is 1. The largest absolute Gasteiger partial charge is 0.387 e. The number of hydrogen-bond donors (Lipinski definition) is 1. The fourth-order valence-corrected chi connectivity index (χ4v) is 4.84. The van der Waals surface area contributed by atoms with Crippen molar-refractivity contribution < 1.29 is 13.5 Å². The molecule has 0 aliphatic carbocycles. The van der Waals surface area contributed by atoms with Gasteiger partial charge in [-0.05, 0) is 24.6 Å². The van der Waals surface area contributed by atoms with Crippen molar-refractivity contribution in [2.45, 2.75) is 30.3 Å². The van der Waals surface area contributed by atoms with Gasteiger partial charge in [0, 0.05) is 17.6 Å². The summed E-state index contributed by atoms with van der Waals surface area (Å²) in [5.74, 6) is 0. The first-order valence-electron chi connectivity index (χ1n) is 5.96. The molecule has 1 aliphatic heterocycles. The first kappa shape index (κ1) is 15.3. The lowest BCUT2D eigenvalue weighted by atomic mass is 9.92. The molecule has 1 aromatic rings. The van der Waals surface area contributed by atoms with Crippen LogP contribution >= 0.6 is 27.5 Å². The third kappa shape index (κ3) is 2.97. The molecule has 0 spiro atoms. The van der Waals surface area contributed by atoms with E-state index in [1.807, 2.05) is 6.92 Å². The summed E-state index contributed by atoms with van der Waals surface area (Å²) in [6.45, 7) is 2.23. The highest BCUT2D eigenvalue weighted by Crippen LogP contribution is 2.34. The van der Waals surface area contributed by atoms with Crippen molar-refractivity contribution in [3.8, 4) is 0 Å². The highest BCUT2D eigenvalue weighted by Gasteiger charge is 2.46. The molecule has 0 saturated carbocycles. The molecular formula is C12H15BrClNO3S. The first-order chi connectivity index (χ1) is 8.78. The van der Waals surface area contributed by atoms with Gasteiger partial charge in [0.25, 0.3) is 0 Å². The average molecular weight is 369 g/mol. The van der Waals surface area contributed by atoms with Crippen molar-refractivity contribution >= 4 is 37.6 Å². The monoisotopic (exact) mass is 367 g/mol. The Kier molecular flexibility index (Phi) is 4.28. The molecule has 2 rings (SSSR count). The van der Waals surface area contributed by atoms with Crippen LogP contribution in [0.15, 0.2) is 27.6 Å². The highest BCUT2D eigenvalue weighted by atomic mass is 79.9. The second kappa shape index (κ2) is 5.33. The van der Waals surface area contributed by atoms with Gasteiger partial charge in [0.2, 0.25) is 10.0 Å². The van der Waals surface area contributed by atoms with Crippen LogP contribution in [0.4, 0.5) is 0 Å². The van der Waals surface area contributed by atoms with Gasteiger partial charge in [0.15, 0.2) is 0 Å². The molecule has 0 unspecified atom stereocenters. The van der Waals surface area contributed by atoms with E-state index in [1.165, 1.54) is 10.4 Å². The van der Waals surface area contributed by atoms with E-state index in [9.17, 15) is 13.5 Å². The smallest absolute Gasteiger partial charge is 0.244 e. The molecule has 1 aliphatic rings. The predicted molar refractivity (Wildman–Crippen MR) is 77.8 cm³/mol. The summed E-state index contributed by atoms with van der Waals surface area (Å²) in [6.07, 6.45) is 1.43. The zero-order valence-corrected chi connectivity index (χ0v) is 13.6. The van der Waals surface area contributed by atoms with E-state index in [2.05, 4.69) is 15.9 Å². The van der Waals surface area contributed by atoms with Gasteiger partial charge in [0.1, 0.15) is 4.90 Å². The van der Waals surface area contributed by atoms with Crippen LogP contribution in [0.25, 0.3) is 0 Å². The molecule has 0 aromatic heterocycles. The van der Waals surface area contributed by atoms with E-state index in [0.29, 0.717) is 6.42 Å². The maximum absolute atomic E-state index is 12.4. The molecule has 0 amide bonds. The molecule has 19 heavy (non-hydrogen) atoms. The fourth-order valence-electron chi connectivity index (χ4n) is 2.23. The molecule has 106 valence electrons. The third-order valence-corrected chi connectivity index (χ3v) is 5.94. The molecule has 4 nitrogen and oxygen atoms in total. The Morgan fingerprint density at radius 1 is 1.47 bits per heavy atom. The normalized spacial score (nSPS) is 19.2. The summed E-state index contributed by atoms with van der Waals surface area (Å²) in [4.78, 5) is 0.0796. The van der Waals surface area contributed by atoms with Gasteiger partial charge in [-0.2, -0.15) is 4.31 Å². The molecule has 0 atom stereocenters. The molecule has 1 aromatic carbocycles. The quantitative estimate of drug-likeness (QED) is 0.889. The highest BCUT2D eigenvalue weighted by molar-refractivity contribution is 9.10. The van der Waals surface area contributed by atoms with Gasteiger partial charge in [-0.25, -0.2) is 8.42 Å². The van der Waals surface area contributed by atoms with E-state index < -0.39 is 15.6 Å². The Labute approximate surface area is 126 Å². The summed E-state index contributed by atoms with van der Waals surface area (Å²) in [7, 11) is -3.62. The van der Waals surface area contributed by atoms with E-state index in [-0.39, 0.29) is 23.0 Å². The number of benzene rings is 1. The Balaban J connectivity index is 2.21. The lowest BCUT2D eigenvalue weighted by Crippen LogP contribution is -2.63. The standard InChI is InChI=1S/C12H15BrClNO3S/c1-2-5-12(16)7-15(8-12)19(17,18)11-4-3-9(13)6-10(11)14/h3-4,6,16H,2,5,7-8H2,1H3. The molecular weight excluding hydrogens is 354 g/mol. The topological polar surface area (TPSA) is 57.6 Å². The molecule has 0 bridgehead atoms. The zero-order valence-electron chi connectivity index (χ0n) is 10.4. The number of β-amino-alcohol motifs (C(OH)–C–C–N with tert-alkyl or cyclic N) is 1. The van der Waals surface area contributed by atoms with Crippen molar-refractivity contribution in [2.24, 2.45) is 0 Å². The van der Waals surface area contributed by atoms with Crippen molar-refractivity contribution in [2.75, 3.05) is 13.1 Å². The van der Waals surface area contributed by atoms with Crippen LogP contribution < -0.4 is 0 Å². The van der Waals surface area contributed by atoms with Crippen LogP contribution in [-0.4, -0.2) is 36.5 Å². The van der Waals surface area contributed by atoms with Crippen molar-refractivity contribution in [3.05, 3.63) is 27.7 Å². The van der Waals surface area contributed by atoms with Gasteiger partial charge in [-0.3, -0.25) is 0 Å². The van der Waals surface area contributed by atoms with Crippen LogP contribution in [0.1, 0.15) is 19.8 Å². The zero-order chi connectivity index (χ0) is 14.3. The van der Waals surface area contributed by atoms with Crippen LogP contribution in [0, 0.1) is 0 Å². The fraction of sp³-hybridized carbons (Fsp3) is 0.500.